The lowest BCUT2D eigenvalue weighted by molar-refractivity contribution is 0.0592. The molecule has 1 aromatic heterocycles. The molecule has 0 bridgehead atoms. The topological polar surface area (TPSA) is 93.8 Å². The van der Waals surface area contributed by atoms with E-state index in [4.69, 9.17) is 14.2 Å². The molecule has 24 heavy (non-hydrogen) atoms. The first-order valence-corrected chi connectivity index (χ1v) is 7.50. The number of carbonyl (C=O) groups is 2. The second-order valence-electron chi connectivity index (χ2n) is 5.57. The first kappa shape index (κ1) is 14.6. The molecule has 3 heterocycles. The quantitative estimate of drug-likeness (QED) is 0.830. The minimum Gasteiger partial charge on any atom is -0.464 e. The van der Waals surface area contributed by atoms with Gasteiger partial charge in [-0.05, 0) is 24.6 Å². The summed E-state index contributed by atoms with van der Waals surface area (Å²) >= 11 is 0. The number of aromatic nitrogens is 2. The van der Waals surface area contributed by atoms with E-state index in [1.807, 2.05) is 0 Å². The number of nitrogens with one attached hydrogen (secondary N) is 1. The van der Waals surface area contributed by atoms with E-state index in [2.05, 4.69) is 10.2 Å². The first-order chi connectivity index (χ1) is 11.7. The van der Waals surface area contributed by atoms with Gasteiger partial charge in [0.05, 0.1) is 19.3 Å². The van der Waals surface area contributed by atoms with Crippen LogP contribution >= 0.6 is 0 Å². The average Bonchev–Trinajstić information content (AvgIpc) is 3.25. The molecule has 0 saturated heterocycles. The van der Waals surface area contributed by atoms with Gasteiger partial charge >= 0.3 is 5.97 Å². The number of methoxy groups -OCH3 is 1. The van der Waals surface area contributed by atoms with Crippen LogP contribution in [0.15, 0.2) is 18.2 Å². The van der Waals surface area contributed by atoms with Gasteiger partial charge in [0.25, 0.3) is 5.91 Å². The van der Waals surface area contributed by atoms with E-state index in [0.717, 1.165) is 11.3 Å². The highest BCUT2D eigenvalue weighted by Gasteiger charge is 2.29. The van der Waals surface area contributed by atoms with Crippen LogP contribution in [0.3, 0.4) is 0 Å². The van der Waals surface area contributed by atoms with Crippen molar-refractivity contribution in [1.82, 2.24) is 15.1 Å². The second kappa shape index (κ2) is 5.55. The number of fused-ring (bicyclic) bond motifs is 2. The number of ether oxygens (including phenoxy) is 3. The summed E-state index contributed by atoms with van der Waals surface area (Å²) in [6.07, 6.45) is 0.548. The van der Waals surface area contributed by atoms with Crippen LogP contribution in [0, 0.1) is 0 Å². The maximum atomic E-state index is 12.7. The molecular weight excluding hydrogens is 314 g/mol. The lowest BCUT2D eigenvalue weighted by atomic mass is 10.0. The lowest BCUT2D eigenvalue weighted by Gasteiger charge is -2.26. The van der Waals surface area contributed by atoms with Crippen molar-refractivity contribution in [2.24, 2.45) is 0 Å². The van der Waals surface area contributed by atoms with E-state index in [0.29, 0.717) is 42.3 Å². The molecule has 1 aromatic carbocycles. The van der Waals surface area contributed by atoms with Crippen molar-refractivity contribution >= 4 is 11.9 Å². The molecule has 4 rings (SSSR count). The monoisotopic (exact) mass is 329 g/mol. The summed E-state index contributed by atoms with van der Waals surface area (Å²) in [5, 5.41) is 6.84. The Labute approximate surface area is 137 Å². The minimum absolute atomic E-state index is 0.104. The van der Waals surface area contributed by atoms with Crippen molar-refractivity contribution in [1.29, 1.82) is 0 Å². The van der Waals surface area contributed by atoms with Gasteiger partial charge in [-0.2, -0.15) is 5.10 Å². The summed E-state index contributed by atoms with van der Waals surface area (Å²) in [4.78, 5) is 26.1. The Bertz CT molecular complexity index is 829. The van der Waals surface area contributed by atoms with Gasteiger partial charge in [0.2, 0.25) is 6.79 Å². The third-order valence-electron chi connectivity index (χ3n) is 4.22. The Hall–Kier alpha value is -3.03. The second-order valence-corrected chi connectivity index (χ2v) is 5.57. The Kier molecular flexibility index (Phi) is 3.37. The van der Waals surface area contributed by atoms with E-state index in [-0.39, 0.29) is 12.7 Å². The van der Waals surface area contributed by atoms with Crippen LogP contribution < -0.4 is 9.47 Å². The number of benzene rings is 1. The van der Waals surface area contributed by atoms with E-state index in [9.17, 15) is 9.59 Å². The maximum absolute atomic E-state index is 12.7. The van der Waals surface area contributed by atoms with Crippen molar-refractivity contribution < 1.29 is 23.8 Å². The molecule has 1 N–H and O–H groups in total. The van der Waals surface area contributed by atoms with Gasteiger partial charge in [-0.25, -0.2) is 4.79 Å². The molecule has 1 amide bonds. The lowest BCUT2D eigenvalue weighted by Crippen LogP contribution is -2.36. The molecular formula is C16H15N3O5. The summed E-state index contributed by atoms with van der Waals surface area (Å²) < 4.78 is 15.3. The fourth-order valence-electron chi connectivity index (χ4n) is 2.97. The molecule has 0 unspecified atom stereocenters. The van der Waals surface area contributed by atoms with Gasteiger partial charge in [0.1, 0.15) is 0 Å². The number of aromatic amines is 1. The molecule has 2 aromatic rings. The third-order valence-corrected chi connectivity index (χ3v) is 4.22. The normalized spacial score (nSPS) is 15.1. The highest BCUT2D eigenvalue weighted by molar-refractivity contribution is 5.95. The minimum atomic E-state index is -0.469. The van der Waals surface area contributed by atoms with Crippen LogP contribution in [0.4, 0.5) is 0 Å². The Morgan fingerprint density at radius 1 is 1.29 bits per heavy atom. The molecule has 0 atom stereocenters. The summed E-state index contributed by atoms with van der Waals surface area (Å²) in [7, 11) is 1.32. The zero-order valence-corrected chi connectivity index (χ0v) is 13.0. The number of hydrogen-bond acceptors (Lipinski definition) is 6. The van der Waals surface area contributed by atoms with Crippen LogP contribution in [0.2, 0.25) is 0 Å². The molecule has 0 aliphatic carbocycles. The van der Waals surface area contributed by atoms with E-state index < -0.39 is 5.97 Å². The predicted molar refractivity (Wildman–Crippen MR) is 80.9 cm³/mol. The number of rotatable bonds is 2. The molecule has 0 radical (unpaired) electrons. The molecule has 2 aliphatic rings. The number of carbonyl (C=O) groups excluding carboxylic acids is 2. The Balaban J connectivity index is 1.55. The van der Waals surface area contributed by atoms with E-state index in [1.165, 1.54) is 7.11 Å². The van der Waals surface area contributed by atoms with Crippen LogP contribution in [-0.2, 0) is 17.7 Å². The molecule has 2 aliphatic heterocycles. The Morgan fingerprint density at radius 3 is 2.96 bits per heavy atom. The fourth-order valence-corrected chi connectivity index (χ4v) is 2.97. The van der Waals surface area contributed by atoms with Crippen molar-refractivity contribution in [3.63, 3.8) is 0 Å². The zero-order valence-electron chi connectivity index (χ0n) is 13.0. The zero-order chi connectivity index (χ0) is 16.7. The maximum Gasteiger partial charge on any atom is 0.358 e. The number of amides is 1. The van der Waals surface area contributed by atoms with Gasteiger partial charge in [-0.15, -0.1) is 0 Å². The van der Waals surface area contributed by atoms with Gasteiger partial charge in [-0.3, -0.25) is 9.89 Å². The van der Waals surface area contributed by atoms with Crippen molar-refractivity contribution in [2.75, 3.05) is 20.4 Å². The summed E-state index contributed by atoms with van der Waals surface area (Å²) in [6, 6.07) is 5.14. The number of nitrogens with zero attached hydrogens (tertiary/aromatic N) is 2. The molecule has 124 valence electrons. The number of H-pyrrole nitrogens is 1. The highest BCUT2D eigenvalue weighted by Crippen LogP contribution is 2.33. The SMILES string of the molecule is COC(=O)c1n[nH]c2c1CCN(C(=O)c1ccc3c(c1)OCO3)C2. The summed E-state index contributed by atoms with van der Waals surface area (Å²) in [5.74, 6) is 0.646. The fraction of sp³-hybridized carbons (Fsp3) is 0.312. The van der Waals surface area contributed by atoms with E-state index in [1.54, 1.807) is 23.1 Å². The van der Waals surface area contributed by atoms with Crippen LogP contribution in [0.25, 0.3) is 0 Å². The third kappa shape index (κ3) is 2.27. The van der Waals surface area contributed by atoms with Crippen LogP contribution in [0.5, 0.6) is 11.5 Å². The van der Waals surface area contributed by atoms with Crippen LogP contribution in [0.1, 0.15) is 32.1 Å². The summed E-state index contributed by atoms with van der Waals surface area (Å²) in [5.41, 5.74) is 2.41. The predicted octanol–water partition coefficient (Wildman–Crippen LogP) is 1.12. The molecule has 8 nitrogen and oxygen atoms in total. The number of esters is 1. The summed E-state index contributed by atoms with van der Waals surface area (Å²) in [6.45, 7) is 1.04. The first-order valence-electron chi connectivity index (χ1n) is 7.50. The molecule has 0 saturated carbocycles. The average molecular weight is 329 g/mol. The van der Waals surface area contributed by atoms with Crippen molar-refractivity contribution in [2.45, 2.75) is 13.0 Å². The highest BCUT2D eigenvalue weighted by atomic mass is 16.7. The van der Waals surface area contributed by atoms with Crippen molar-refractivity contribution in [3.05, 3.63) is 40.7 Å². The molecule has 0 fully saturated rings. The smallest absolute Gasteiger partial charge is 0.358 e. The van der Waals surface area contributed by atoms with Gasteiger partial charge in [-0.1, -0.05) is 0 Å². The Morgan fingerprint density at radius 2 is 2.12 bits per heavy atom. The van der Waals surface area contributed by atoms with Gasteiger partial charge in [0, 0.05) is 17.7 Å². The molecule has 0 spiro atoms. The van der Waals surface area contributed by atoms with Crippen molar-refractivity contribution in [3.8, 4) is 11.5 Å². The van der Waals surface area contributed by atoms with Gasteiger partial charge in [0.15, 0.2) is 17.2 Å². The largest absolute Gasteiger partial charge is 0.464 e. The van der Waals surface area contributed by atoms with Gasteiger partial charge < -0.3 is 19.1 Å². The molecule has 8 heteroatoms. The van der Waals surface area contributed by atoms with Crippen LogP contribution in [-0.4, -0.2) is 47.4 Å². The standard InChI is InChI=1S/C16H15N3O5/c1-22-16(21)14-10-4-5-19(7-11(10)17-18-14)15(20)9-2-3-12-13(6-9)24-8-23-12/h2-3,6H,4-5,7-8H2,1H3,(H,17,18). The number of hydrogen-bond donors (Lipinski definition) is 1. The van der Waals surface area contributed by atoms with E-state index >= 15 is 0 Å².